The molecule has 1 rings (SSSR count). The van der Waals surface area contributed by atoms with Gasteiger partial charge in [0.1, 0.15) is 0 Å². The zero-order chi connectivity index (χ0) is 13.1. The first-order valence-electron chi connectivity index (χ1n) is 6.01. The maximum atomic E-state index is 13.4. The minimum Gasteiger partial charge on any atom is -0.396 e. The van der Waals surface area contributed by atoms with Gasteiger partial charge in [0, 0.05) is 17.9 Å². The maximum absolute atomic E-state index is 13.4. The Morgan fingerprint density at radius 1 is 1.18 bits per heavy atom. The first-order chi connectivity index (χ1) is 7.92. The number of hydrogen-bond acceptors (Lipinski definition) is 1. The van der Waals surface area contributed by atoms with Gasteiger partial charge in [-0.05, 0) is 11.5 Å². The molecule has 0 aliphatic heterocycles. The van der Waals surface area contributed by atoms with Crippen LogP contribution in [0.4, 0.5) is 8.78 Å². The van der Waals surface area contributed by atoms with E-state index in [9.17, 15) is 13.9 Å². The molecule has 0 radical (unpaired) electrons. The molecule has 0 amide bonds. The smallest absolute Gasteiger partial charge is 0.273 e. The Morgan fingerprint density at radius 3 is 2.06 bits per heavy atom. The van der Waals surface area contributed by atoms with Crippen molar-refractivity contribution in [2.24, 2.45) is 5.92 Å². The molecule has 3 heteroatoms. The van der Waals surface area contributed by atoms with Crippen LogP contribution in [-0.4, -0.2) is 11.7 Å². The zero-order valence-electron chi connectivity index (χ0n) is 10.6. The maximum Gasteiger partial charge on any atom is 0.273 e. The highest BCUT2D eigenvalue weighted by molar-refractivity contribution is 5.28. The average Bonchev–Trinajstić information content (AvgIpc) is 2.30. The summed E-state index contributed by atoms with van der Waals surface area (Å²) < 4.78 is 26.8. The molecule has 0 bridgehead atoms. The molecular formula is C14H20F2O. The van der Waals surface area contributed by atoms with E-state index >= 15 is 0 Å². The summed E-state index contributed by atoms with van der Waals surface area (Å²) in [4.78, 5) is 0. The van der Waals surface area contributed by atoms with Gasteiger partial charge in [0.25, 0.3) is 5.92 Å². The van der Waals surface area contributed by atoms with Crippen molar-refractivity contribution < 1.29 is 13.9 Å². The zero-order valence-corrected chi connectivity index (χ0v) is 10.6. The van der Waals surface area contributed by atoms with Crippen molar-refractivity contribution >= 4 is 0 Å². The van der Waals surface area contributed by atoms with Crippen molar-refractivity contribution in [1.29, 1.82) is 0 Å². The summed E-state index contributed by atoms with van der Waals surface area (Å²) in [5.74, 6) is -2.46. The van der Waals surface area contributed by atoms with E-state index in [2.05, 4.69) is 0 Å². The van der Waals surface area contributed by atoms with E-state index in [4.69, 9.17) is 0 Å². The molecule has 17 heavy (non-hydrogen) atoms. The Bertz CT molecular complexity index is 344. The van der Waals surface area contributed by atoms with Crippen LogP contribution in [0.1, 0.15) is 44.2 Å². The highest BCUT2D eigenvalue weighted by Gasteiger charge is 2.28. The van der Waals surface area contributed by atoms with Crippen molar-refractivity contribution in [3.8, 4) is 0 Å². The van der Waals surface area contributed by atoms with Gasteiger partial charge >= 0.3 is 0 Å². The highest BCUT2D eigenvalue weighted by Crippen LogP contribution is 2.32. The fourth-order valence-electron chi connectivity index (χ4n) is 1.88. The topological polar surface area (TPSA) is 20.2 Å². The number of rotatable bonds is 5. The van der Waals surface area contributed by atoms with Crippen LogP contribution in [0.5, 0.6) is 0 Å². The predicted octanol–water partition coefficient (Wildman–Crippen LogP) is 3.92. The van der Waals surface area contributed by atoms with Crippen molar-refractivity contribution in [2.75, 3.05) is 6.61 Å². The summed E-state index contributed by atoms with van der Waals surface area (Å²) in [7, 11) is 0. The molecule has 96 valence electrons. The van der Waals surface area contributed by atoms with Crippen LogP contribution in [0, 0.1) is 5.92 Å². The first kappa shape index (κ1) is 14.1. The van der Waals surface area contributed by atoms with E-state index in [1.807, 2.05) is 13.8 Å². The van der Waals surface area contributed by atoms with Crippen LogP contribution in [0.15, 0.2) is 24.3 Å². The van der Waals surface area contributed by atoms with E-state index < -0.39 is 5.92 Å². The van der Waals surface area contributed by atoms with Gasteiger partial charge in [-0.25, -0.2) is 8.78 Å². The highest BCUT2D eigenvalue weighted by atomic mass is 19.3. The quantitative estimate of drug-likeness (QED) is 0.829. The third kappa shape index (κ3) is 3.25. The molecular weight excluding hydrogens is 222 g/mol. The number of aliphatic hydroxyl groups is 1. The molecule has 1 aromatic rings. The molecule has 0 aliphatic rings. The van der Waals surface area contributed by atoms with Gasteiger partial charge in [-0.1, -0.05) is 45.0 Å². The SMILES string of the molecule is CCC(F)(F)c1ccc(C(CO)C(C)C)cc1. The number of benzene rings is 1. The second-order valence-corrected chi connectivity index (χ2v) is 4.71. The second kappa shape index (κ2) is 5.58. The van der Waals surface area contributed by atoms with Gasteiger partial charge in [-0.2, -0.15) is 0 Å². The van der Waals surface area contributed by atoms with E-state index in [0.29, 0.717) is 0 Å². The van der Waals surface area contributed by atoms with Crippen LogP contribution in [0.25, 0.3) is 0 Å². The Labute approximate surface area is 101 Å². The monoisotopic (exact) mass is 242 g/mol. The molecule has 0 saturated heterocycles. The lowest BCUT2D eigenvalue weighted by molar-refractivity contribution is -0.00830. The lowest BCUT2D eigenvalue weighted by atomic mass is 9.88. The van der Waals surface area contributed by atoms with Crippen LogP contribution in [0.2, 0.25) is 0 Å². The molecule has 1 N–H and O–H groups in total. The number of halogens is 2. The summed E-state index contributed by atoms with van der Waals surface area (Å²) in [6, 6.07) is 6.31. The molecule has 1 nitrogen and oxygen atoms in total. The van der Waals surface area contributed by atoms with Gasteiger partial charge < -0.3 is 5.11 Å². The Balaban J connectivity index is 2.95. The second-order valence-electron chi connectivity index (χ2n) is 4.71. The summed E-state index contributed by atoms with van der Waals surface area (Å²) >= 11 is 0. The predicted molar refractivity (Wildman–Crippen MR) is 65.3 cm³/mol. The van der Waals surface area contributed by atoms with Crippen LogP contribution in [0.3, 0.4) is 0 Å². The minimum atomic E-state index is -2.76. The van der Waals surface area contributed by atoms with Crippen molar-refractivity contribution in [1.82, 2.24) is 0 Å². The largest absolute Gasteiger partial charge is 0.396 e. The number of aliphatic hydroxyl groups excluding tert-OH is 1. The number of hydrogen-bond donors (Lipinski definition) is 1. The van der Waals surface area contributed by atoms with Gasteiger partial charge in [-0.3, -0.25) is 0 Å². The molecule has 0 saturated carbocycles. The van der Waals surface area contributed by atoms with Crippen molar-refractivity contribution in [3.63, 3.8) is 0 Å². The van der Waals surface area contributed by atoms with Gasteiger partial charge in [0.15, 0.2) is 0 Å². The normalized spacial score (nSPS) is 14.1. The summed E-state index contributed by atoms with van der Waals surface area (Å²) in [6.07, 6.45) is -0.194. The molecule has 0 aromatic heterocycles. The van der Waals surface area contributed by atoms with Gasteiger partial charge in [0.05, 0.1) is 6.61 Å². The van der Waals surface area contributed by atoms with E-state index in [1.165, 1.54) is 19.1 Å². The van der Waals surface area contributed by atoms with Crippen molar-refractivity contribution in [2.45, 2.75) is 39.0 Å². The summed E-state index contributed by atoms with van der Waals surface area (Å²) in [5.41, 5.74) is 0.961. The standard InChI is InChI=1S/C14H20F2O/c1-4-14(15,16)12-7-5-11(6-8-12)13(9-17)10(2)3/h5-8,10,13,17H,4,9H2,1-3H3. The lowest BCUT2D eigenvalue weighted by Gasteiger charge is -2.20. The van der Waals surface area contributed by atoms with E-state index in [-0.39, 0.29) is 30.4 Å². The fraction of sp³-hybridized carbons (Fsp3) is 0.571. The Hall–Kier alpha value is -0.960. The van der Waals surface area contributed by atoms with Gasteiger partial charge in [0.2, 0.25) is 0 Å². The number of alkyl halides is 2. The van der Waals surface area contributed by atoms with Crippen LogP contribution >= 0.6 is 0 Å². The van der Waals surface area contributed by atoms with E-state index in [1.54, 1.807) is 12.1 Å². The fourth-order valence-corrected chi connectivity index (χ4v) is 1.88. The van der Waals surface area contributed by atoms with E-state index in [0.717, 1.165) is 5.56 Å². The van der Waals surface area contributed by atoms with Crippen molar-refractivity contribution in [3.05, 3.63) is 35.4 Å². The Morgan fingerprint density at radius 2 is 1.71 bits per heavy atom. The van der Waals surface area contributed by atoms with Gasteiger partial charge in [-0.15, -0.1) is 0 Å². The third-order valence-corrected chi connectivity index (χ3v) is 3.21. The third-order valence-electron chi connectivity index (χ3n) is 3.21. The molecule has 1 unspecified atom stereocenters. The molecule has 0 heterocycles. The molecule has 0 fully saturated rings. The molecule has 1 atom stereocenters. The van der Waals surface area contributed by atoms with Crippen LogP contribution < -0.4 is 0 Å². The first-order valence-corrected chi connectivity index (χ1v) is 6.01. The molecule has 0 aliphatic carbocycles. The molecule has 0 spiro atoms. The average molecular weight is 242 g/mol. The Kier molecular flexibility index (Phi) is 4.63. The molecule has 1 aromatic carbocycles. The lowest BCUT2D eigenvalue weighted by Crippen LogP contribution is -2.14. The summed E-state index contributed by atoms with van der Waals surface area (Å²) in [6.45, 7) is 5.53. The van der Waals surface area contributed by atoms with Crippen LogP contribution in [-0.2, 0) is 5.92 Å². The minimum absolute atomic E-state index is 0.0132. The summed E-state index contributed by atoms with van der Waals surface area (Å²) in [5, 5.41) is 9.28.